The zero-order valence-corrected chi connectivity index (χ0v) is 13.7. The molecule has 0 atom stereocenters. The Morgan fingerprint density at radius 2 is 1.83 bits per heavy atom. The number of para-hydroxylation sites is 2. The number of benzene rings is 1. The van der Waals surface area contributed by atoms with E-state index in [1.165, 1.54) is 0 Å². The monoisotopic (exact) mass is 317 g/mol. The van der Waals surface area contributed by atoms with Gasteiger partial charge in [-0.25, -0.2) is 4.79 Å². The van der Waals surface area contributed by atoms with Crippen LogP contribution in [0.25, 0.3) is 11.1 Å². The van der Waals surface area contributed by atoms with Gasteiger partial charge in [-0.3, -0.25) is 14.3 Å². The minimum atomic E-state index is -0.306. The van der Waals surface area contributed by atoms with E-state index in [0.717, 1.165) is 38.2 Å². The fourth-order valence-corrected chi connectivity index (χ4v) is 3.02. The summed E-state index contributed by atoms with van der Waals surface area (Å²) in [6.07, 6.45) is 0. The maximum Gasteiger partial charge on any atom is 0.419 e. The Morgan fingerprint density at radius 1 is 1.13 bits per heavy atom. The van der Waals surface area contributed by atoms with Crippen LogP contribution in [0.2, 0.25) is 0 Å². The maximum atomic E-state index is 12.0. The first-order valence-corrected chi connectivity index (χ1v) is 8.16. The van der Waals surface area contributed by atoms with Crippen molar-refractivity contribution in [2.75, 3.05) is 32.7 Å². The highest BCUT2D eigenvalue weighted by Gasteiger charge is 2.22. The molecule has 0 bridgehead atoms. The summed E-state index contributed by atoms with van der Waals surface area (Å²) < 4.78 is 6.93. The molecule has 2 aromatic rings. The van der Waals surface area contributed by atoms with Crippen molar-refractivity contribution in [1.29, 1.82) is 0 Å². The lowest BCUT2D eigenvalue weighted by Crippen LogP contribution is -2.50. The van der Waals surface area contributed by atoms with E-state index in [2.05, 4.69) is 4.90 Å². The van der Waals surface area contributed by atoms with Gasteiger partial charge >= 0.3 is 5.76 Å². The van der Waals surface area contributed by atoms with Crippen molar-refractivity contribution in [1.82, 2.24) is 14.4 Å². The molecule has 6 nitrogen and oxygen atoms in total. The van der Waals surface area contributed by atoms with E-state index in [1.807, 2.05) is 43.0 Å². The molecule has 0 aliphatic carbocycles. The molecule has 124 valence electrons. The molecule has 0 spiro atoms. The Labute approximate surface area is 135 Å². The van der Waals surface area contributed by atoms with Gasteiger partial charge < -0.3 is 9.32 Å². The van der Waals surface area contributed by atoms with E-state index in [-0.39, 0.29) is 17.6 Å². The van der Waals surface area contributed by atoms with Gasteiger partial charge in [0.2, 0.25) is 5.91 Å². The highest BCUT2D eigenvalue weighted by Crippen LogP contribution is 2.12. The zero-order valence-electron chi connectivity index (χ0n) is 13.7. The molecular formula is C17H23N3O3. The summed E-state index contributed by atoms with van der Waals surface area (Å²) in [5.74, 6) is -0.0288. The molecule has 2 heterocycles. The van der Waals surface area contributed by atoms with Crippen molar-refractivity contribution in [2.45, 2.75) is 20.4 Å². The zero-order chi connectivity index (χ0) is 16.4. The van der Waals surface area contributed by atoms with Crippen LogP contribution in [0, 0.1) is 5.92 Å². The third-order valence-electron chi connectivity index (χ3n) is 4.39. The standard InChI is InChI=1S/C17H23N3O3/c1-13(2)16(21)19-10-7-18(8-11-19)9-12-20-14-5-3-4-6-15(14)23-17(20)22/h3-6,13H,7-12H2,1-2H3. The van der Waals surface area contributed by atoms with Gasteiger partial charge in [0, 0.05) is 45.2 Å². The predicted octanol–water partition coefficient (Wildman–Crippen LogP) is 1.39. The Morgan fingerprint density at radius 3 is 2.52 bits per heavy atom. The first-order chi connectivity index (χ1) is 11.1. The van der Waals surface area contributed by atoms with Gasteiger partial charge in [-0.1, -0.05) is 26.0 Å². The van der Waals surface area contributed by atoms with E-state index < -0.39 is 0 Å². The molecule has 23 heavy (non-hydrogen) atoms. The number of carbonyl (C=O) groups excluding carboxylic acids is 1. The summed E-state index contributed by atoms with van der Waals surface area (Å²) in [5, 5.41) is 0. The minimum absolute atomic E-state index is 0.0532. The second kappa shape index (κ2) is 6.58. The predicted molar refractivity (Wildman–Crippen MR) is 88.3 cm³/mol. The topological polar surface area (TPSA) is 58.7 Å². The number of aromatic nitrogens is 1. The summed E-state index contributed by atoms with van der Waals surface area (Å²) in [6.45, 7) is 8.49. The second-order valence-corrected chi connectivity index (χ2v) is 6.31. The van der Waals surface area contributed by atoms with Crippen molar-refractivity contribution in [3.8, 4) is 0 Å². The molecule has 1 fully saturated rings. The number of fused-ring (bicyclic) bond motifs is 1. The van der Waals surface area contributed by atoms with Crippen molar-refractivity contribution < 1.29 is 9.21 Å². The summed E-state index contributed by atoms with van der Waals surface area (Å²) in [5.41, 5.74) is 1.47. The molecule has 0 saturated carbocycles. The lowest BCUT2D eigenvalue weighted by atomic mass is 10.1. The number of oxazole rings is 1. The Kier molecular flexibility index (Phi) is 4.52. The molecule has 6 heteroatoms. The van der Waals surface area contributed by atoms with Gasteiger partial charge in [-0.05, 0) is 12.1 Å². The number of carbonyl (C=O) groups is 1. The van der Waals surface area contributed by atoms with Gasteiger partial charge in [0.25, 0.3) is 0 Å². The van der Waals surface area contributed by atoms with Crippen molar-refractivity contribution in [3.05, 3.63) is 34.8 Å². The fraction of sp³-hybridized carbons (Fsp3) is 0.529. The first kappa shape index (κ1) is 15.8. The van der Waals surface area contributed by atoms with E-state index in [9.17, 15) is 9.59 Å². The summed E-state index contributed by atoms with van der Waals surface area (Å²) in [6, 6.07) is 7.48. The molecule has 1 aromatic heterocycles. The normalized spacial score (nSPS) is 16.4. The molecule has 3 rings (SSSR count). The molecule has 0 N–H and O–H groups in total. The maximum absolute atomic E-state index is 12.0. The summed E-state index contributed by atoms with van der Waals surface area (Å²) in [4.78, 5) is 28.2. The Balaban J connectivity index is 1.58. The smallest absolute Gasteiger partial charge is 0.408 e. The lowest BCUT2D eigenvalue weighted by Gasteiger charge is -2.35. The average molecular weight is 317 g/mol. The van der Waals surface area contributed by atoms with Gasteiger partial charge in [0.1, 0.15) is 0 Å². The molecule has 0 radical (unpaired) electrons. The first-order valence-electron chi connectivity index (χ1n) is 8.16. The molecular weight excluding hydrogens is 294 g/mol. The number of hydrogen-bond donors (Lipinski definition) is 0. The van der Waals surface area contributed by atoms with Crippen molar-refractivity contribution in [2.24, 2.45) is 5.92 Å². The van der Waals surface area contributed by atoms with Crippen LogP contribution in [-0.4, -0.2) is 53.0 Å². The molecule has 1 amide bonds. The van der Waals surface area contributed by atoms with E-state index in [0.29, 0.717) is 12.1 Å². The van der Waals surface area contributed by atoms with Gasteiger partial charge in [-0.2, -0.15) is 0 Å². The number of piperazine rings is 1. The third-order valence-corrected chi connectivity index (χ3v) is 4.39. The quantitative estimate of drug-likeness (QED) is 0.855. The van der Waals surface area contributed by atoms with Crippen LogP contribution in [0.15, 0.2) is 33.5 Å². The average Bonchev–Trinajstić information content (AvgIpc) is 2.88. The molecule has 1 aromatic carbocycles. The Hall–Kier alpha value is -2.08. The van der Waals surface area contributed by atoms with E-state index in [4.69, 9.17) is 4.42 Å². The van der Waals surface area contributed by atoms with Crippen LogP contribution in [-0.2, 0) is 11.3 Å². The minimum Gasteiger partial charge on any atom is -0.408 e. The number of nitrogens with zero attached hydrogens (tertiary/aromatic N) is 3. The molecule has 1 aliphatic heterocycles. The van der Waals surface area contributed by atoms with Crippen molar-refractivity contribution in [3.63, 3.8) is 0 Å². The van der Waals surface area contributed by atoms with Gasteiger partial charge in [-0.15, -0.1) is 0 Å². The molecule has 1 saturated heterocycles. The van der Waals surface area contributed by atoms with Crippen LogP contribution in [0.1, 0.15) is 13.8 Å². The third kappa shape index (κ3) is 3.32. The van der Waals surface area contributed by atoms with Crippen LogP contribution in [0.5, 0.6) is 0 Å². The van der Waals surface area contributed by atoms with Gasteiger partial charge in [0.05, 0.1) is 5.52 Å². The highest BCUT2D eigenvalue weighted by atomic mass is 16.4. The largest absolute Gasteiger partial charge is 0.419 e. The fourth-order valence-electron chi connectivity index (χ4n) is 3.02. The van der Waals surface area contributed by atoms with Crippen LogP contribution in [0.4, 0.5) is 0 Å². The number of hydrogen-bond acceptors (Lipinski definition) is 4. The van der Waals surface area contributed by atoms with Crippen LogP contribution < -0.4 is 5.76 Å². The van der Waals surface area contributed by atoms with Crippen molar-refractivity contribution >= 4 is 17.0 Å². The molecule has 1 aliphatic rings. The second-order valence-electron chi connectivity index (χ2n) is 6.31. The summed E-state index contributed by atoms with van der Waals surface area (Å²) in [7, 11) is 0. The number of rotatable bonds is 4. The van der Waals surface area contributed by atoms with Crippen LogP contribution in [0.3, 0.4) is 0 Å². The summed E-state index contributed by atoms with van der Waals surface area (Å²) >= 11 is 0. The number of amides is 1. The lowest BCUT2D eigenvalue weighted by molar-refractivity contribution is -0.136. The van der Waals surface area contributed by atoms with Gasteiger partial charge in [0.15, 0.2) is 5.58 Å². The van der Waals surface area contributed by atoms with E-state index in [1.54, 1.807) is 4.57 Å². The van der Waals surface area contributed by atoms with Crippen LogP contribution >= 0.6 is 0 Å². The van der Waals surface area contributed by atoms with E-state index >= 15 is 0 Å². The molecule has 0 unspecified atom stereocenters. The SMILES string of the molecule is CC(C)C(=O)N1CCN(CCn2c(=O)oc3ccccc32)CC1. The highest BCUT2D eigenvalue weighted by molar-refractivity contribution is 5.78. The Bertz CT molecular complexity index is 739.